The summed E-state index contributed by atoms with van der Waals surface area (Å²) in [4.78, 5) is 27.5. The lowest BCUT2D eigenvalue weighted by Crippen LogP contribution is -2.17. The Kier molecular flexibility index (Phi) is 5.74. The number of H-pyrrole nitrogens is 1. The molecule has 0 bridgehead atoms. The van der Waals surface area contributed by atoms with E-state index < -0.39 is 0 Å². The Balaban J connectivity index is 1.84. The first-order valence-corrected chi connectivity index (χ1v) is 9.48. The van der Waals surface area contributed by atoms with Gasteiger partial charge in [-0.15, -0.1) is 0 Å². The fourth-order valence-corrected chi connectivity index (χ4v) is 3.36. The lowest BCUT2D eigenvalue weighted by Gasteiger charge is -2.09. The molecule has 3 rings (SSSR count). The molecule has 3 aromatic rings. The molecule has 0 saturated heterocycles. The van der Waals surface area contributed by atoms with Gasteiger partial charge in [-0.2, -0.15) is 5.10 Å². The highest BCUT2D eigenvalue weighted by Crippen LogP contribution is 2.22. The highest BCUT2D eigenvalue weighted by Gasteiger charge is 2.17. The van der Waals surface area contributed by atoms with E-state index in [2.05, 4.69) is 22.3 Å². The largest absolute Gasteiger partial charge is 0.328 e. The van der Waals surface area contributed by atoms with Gasteiger partial charge in [0.1, 0.15) is 0 Å². The number of carbonyl (C=O) groups excluding carboxylic acids is 1. The van der Waals surface area contributed by atoms with Gasteiger partial charge in [-0.3, -0.25) is 14.3 Å². The van der Waals surface area contributed by atoms with Gasteiger partial charge in [0.15, 0.2) is 0 Å². The molecule has 1 aromatic carbocycles. The summed E-state index contributed by atoms with van der Waals surface area (Å²) < 4.78 is 1.96. The van der Waals surface area contributed by atoms with Gasteiger partial charge in [-0.1, -0.05) is 44.4 Å². The third-order valence-corrected chi connectivity index (χ3v) is 4.90. The maximum Gasteiger partial charge on any atom is 0.257 e. The van der Waals surface area contributed by atoms with E-state index in [0.717, 1.165) is 30.0 Å². The summed E-state index contributed by atoms with van der Waals surface area (Å²) in [6.07, 6.45) is 6.15. The van der Waals surface area contributed by atoms with Crippen LogP contribution in [0.4, 0.5) is 5.69 Å². The van der Waals surface area contributed by atoms with Crippen molar-refractivity contribution in [3.63, 3.8) is 0 Å². The number of rotatable bonds is 7. The minimum absolute atomic E-state index is 0.200. The molecule has 142 valence electrons. The van der Waals surface area contributed by atoms with E-state index in [4.69, 9.17) is 0 Å². The summed E-state index contributed by atoms with van der Waals surface area (Å²) in [5.41, 5.74) is 2.73. The molecule has 0 spiro atoms. The predicted octanol–water partition coefficient (Wildman–Crippen LogP) is 4.17. The molecule has 0 atom stereocenters. The highest BCUT2D eigenvalue weighted by atomic mass is 16.2. The SMILES string of the molecule is CCCCCCn1nc(C)c(NC(=O)c2c[nH]c(=O)c3ccccc23)c1C. The van der Waals surface area contributed by atoms with E-state index in [0.29, 0.717) is 16.3 Å². The van der Waals surface area contributed by atoms with Gasteiger partial charge in [-0.05, 0) is 26.3 Å². The van der Waals surface area contributed by atoms with Crippen LogP contribution < -0.4 is 10.9 Å². The number of aromatic nitrogens is 3. The van der Waals surface area contributed by atoms with Gasteiger partial charge >= 0.3 is 0 Å². The molecule has 0 saturated carbocycles. The number of pyridine rings is 1. The van der Waals surface area contributed by atoms with Crippen molar-refractivity contribution < 1.29 is 4.79 Å². The summed E-state index contributed by atoms with van der Waals surface area (Å²) in [5, 5.41) is 8.70. The van der Waals surface area contributed by atoms with E-state index in [1.807, 2.05) is 24.6 Å². The van der Waals surface area contributed by atoms with Crippen molar-refractivity contribution in [3.8, 4) is 0 Å². The van der Waals surface area contributed by atoms with Gasteiger partial charge < -0.3 is 10.3 Å². The van der Waals surface area contributed by atoms with E-state index in [1.54, 1.807) is 18.2 Å². The quantitative estimate of drug-likeness (QED) is 0.616. The molecule has 2 N–H and O–H groups in total. The standard InChI is InChI=1S/C21H26N4O2/c1-4-5-6-9-12-25-15(3)19(14(2)24-25)23-21(27)18-13-22-20(26)17-11-8-7-10-16(17)18/h7-8,10-11,13H,4-6,9,12H2,1-3H3,(H,22,26)(H,23,27). The third-order valence-electron chi connectivity index (χ3n) is 4.90. The smallest absolute Gasteiger partial charge is 0.257 e. The molecular weight excluding hydrogens is 340 g/mol. The van der Waals surface area contributed by atoms with E-state index in [-0.39, 0.29) is 11.5 Å². The topological polar surface area (TPSA) is 79.8 Å². The number of aryl methyl sites for hydroxylation is 2. The fourth-order valence-electron chi connectivity index (χ4n) is 3.36. The molecule has 0 radical (unpaired) electrons. The van der Waals surface area contributed by atoms with Crippen LogP contribution in [0.2, 0.25) is 0 Å². The zero-order valence-corrected chi connectivity index (χ0v) is 16.1. The third kappa shape index (κ3) is 3.94. The predicted molar refractivity (Wildman–Crippen MR) is 108 cm³/mol. The Bertz CT molecular complexity index is 1020. The van der Waals surface area contributed by atoms with Crippen molar-refractivity contribution in [2.75, 3.05) is 5.32 Å². The average molecular weight is 366 g/mol. The van der Waals surface area contributed by atoms with Crippen LogP contribution in [0.5, 0.6) is 0 Å². The number of fused-ring (bicyclic) bond motifs is 1. The van der Waals surface area contributed by atoms with Crippen LogP contribution in [0.15, 0.2) is 35.3 Å². The van der Waals surface area contributed by atoms with Gasteiger partial charge in [0, 0.05) is 23.5 Å². The lowest BCUT2D eigenvalue weighted by molar-refractivity contribution is 0.102. The monoisotopic (exact) mass is 366 g/mol. The van der Waals surface area contributed by atoms with Gasteiger partial charge in [0.2, 0.25) is 0 Å². The molecule has 0 aliphatic rings. The first-order chi connectivity index (χ1) is 13.0. The Morgan fingerprint density at radius 3 is 2.63 bits per heavy atom. The first kappa shape index (κ1) is 18.9. The van der Waals surface area contributed by atoms with Gasteiger partial charge in [0.25, 0.3) is 11.5 Å². The zero-order chi connectivity index (χ0) is 19.4. The molecule has 6 nitrogen and oxygen atoms in total. The van der Waals surface area contributed by atoms with E-state index in [9.17, 15) is 9.59 Å². The van der Waals surface area contributed by atoms with Crippen LogP contribution >= 0.6 is 0 Å². The molecule has 0 unspecified atom stereocenters. The second kappa shape index (κ2) is 8.20. The van der Waals surface area contributed by atoms with Crippen molar-refractivity contribution in [2.45, 2.75) is 53.0 Å². The number of hydrogen-bond acceptors (Lipinski definition) is 3. The zero-order valence-electron chi connectivity index (χ0n) is 16.1. The van der Waals surface area contributed by atoms with Crippen molar-refractivity contribution in [2.24, 2.45) is 0 Å². The van der Waals surface area contributed by atoms with Crippen LogP contribution in [0.1, 0.15) is 54.4 Å². The Morgan fingerprint density at radius 1 is 1.15 bits per heavy atom. The van der Waals surface area contributed by atoms with Crippen LogP contribution in [0.3, 0.4) is 0 Å². The molecule has 0 aliphatic carbocycles. The van der Waals surface area contributed by atoms with E-state index >= 15 is 0 Å². The number of amides is 1. The fraction of sp³-hybridized carbons (Fsp3) is 0.381. The summed E-state index contributed by atoms with van der Waals surface area (Å²) >= 11 is 0. The summed E-state index contributed by atoms with van der Waals surface area (Å²) in [7, 11) is 0. The molecule has 2 aromatic heterocycles. The summed E-state index contributed by atoms with van der Waals surface area (Å²) in [5.74, 6) is -0.251. The number of aromatic amines is 1. The number of unbranched alkanes of at least 4 members (excludes halogenated alkanes) is 3. The number of hydrogen-bond donors (Lipinski definition) is 2. The highest BCUT2D eigenvalue weighted by molar-refractivity contribution is 6.12. The summed E-state index contributed by atoms with van der Waals surface area (Å²) in [6, 6.07) is 7.12. The van der Waals surface area contributed by atoms with Crippen molar-refractivity contribution in [3.05, 3.63) is 57.8 Å². The molecule has 0 fully saturated rings. The van der Waals surface area contributed by atoms with Gasteiger partial charge in [0.05, 0.1) is 22.6 Å². The first-order valence-electron chi connectivity index (χ1n) is 9.48. The maximum absolute atomic E-state index is 12.9. The molecule has 27 heavy (non-hydrogen) atoms. The Morgan fingerprint density at radius 2 is 1.89 bits per heavy atom. The molecule has 6 heteroatoms. The minimum Gasteiger partial charge on any atom is -0.328 e. The molecular formula is C21H26N4O2. The van der Waals surface area contributed by atoms with Gasteiger partial charge in [-0.25, -0.2) is 0 Å². The van der Waals surface area contributed by atoms with Crippen LogP contribution in [0, 0.1) is 13.8 Å². The van der Waals surface area contributed by atoms with Crippen molar-refractivity contribution >= 4 is 22.4 Å². The molecule has 1 amide bonds. The maximum atomic E-state index is 12.9. The number of carbonyl (C=O) groups is 1. The number of anilines is 1. The molecule has 2 heterocycles. The number of nitrogens with zero attached hydrogens (tertiary/aromatic N) is 2. The van der Waals surface area contributed by atoms with Crippen LogP contribution in [-0.2, 0) is 6.54 Å². The number of nitrogens with one attached hydrogen (secondary N) is 2. The van der Waals surface area contributed by atoms with Crippen molar-refractivity contribution in [1.82, 2.24) is 14.8 Å². The van der Waals surface area contributed by atoms with E-state index in [1.165, 1.54) is 25.5 Å². The minimum atomic E-state index is -0.251. The van der Waals surface area contributed by atoms with Crippen molar-refractivity contribution in [1.29, 1.82) is 0 Å². The second-order valence-electron chi connectivity index (χ2n) is 6.86. The van der Waals surface area contributed by atoms with Crippen LogP contribution in [0.25, 0.3) is 10.8 Å². The molecule has 0 aliphatic heterocycles. The average Bonchev–Trinajstić information content (AvgIpc) is 2.93. The Hall–Kier alpha value is -2.89. The summed E-state index contributed by atoms with van der Waals surface area (Å²) in [6.45, 7) is 6.91. The second-order valence-corrected chi connectivity index (χ2v) is 6.86. The Labute approximate surface area is 158 Å². The lowest BCUT2D eigenvalue weighted by atomic mass is 10.1. The normalized spacial score (nSPS) is 11.1. The number of benzene rings is 1. The van der Waals surface area contributed by atoms with Crippen LogP contribution in [-0.4, -0.2) is 20.7 Å².